The number of piperazine rings is 1. The van der Waals surface area contributed by atoms with Crippen molar-refractivity contribution in [2.75, 3.05) is 0 Å². The summed E-state index contributed by atoms with van der Waals surface area (Å²) >= 11 is 7.38. The maximum atomic E-state index is 12.4. The van der Waals surface area contributed by atoms with Gasteiger partial charge in [-0.05, 0) is 25.0 Å². The molecule has 6 heteroatoms. The van der Waals surface area contributed by atoms with Gasteiger partial charge in [0.05, 0.1) is 10.9 Å². The Labute approximate surface area is 128 Å². The number of amides is 2. The summed E-state index contributed by atoms with van der Waals surface area (Å²) in [6.45, 7) is 6.20. The van der Waals surface area contributed by atoms with Crippen LogP contribution in [0.2, 0.25) is 4.34 Å². The van der Waals surface area contributed by atoms with Crippen molar-refractivity contribution >= 4 is 34.8 Å². The molecule has 1 aliphatic heterocycles. The molecule has 2 rings (SSSR count). The van der Waals surface area contributed by atoms with Crippen LogP contribution in [0.1, 0.15) is 32.1 Å². The van der Waals surface area contributed by atoms with Crippen molar-refractivity contribution in [3.8, 4) is 0 Å². The summed E-state index contributed by atoms with van der Waals surface area (Å²) in [7, 11) is 0. The number of hydrogen-bond donors (Lipinski definition) is 1. The molecule has 1 aliphatic rings. The van der Waals surface area contributed by atoms with Crippen LogP contribution in [0.3, 0.4) is 0 Å². The minimum atomic E-state index is -0.460. The van der Waals surface area contributed by atoms with Gasteiger partial charge in [0.25, 0.3) is 0 Å². The van der Waals surface area contributed by atoms with Gasteiger partial charge in [-0.1, -0.05) is 31.9 Å². The van der Waals surface area contributed by atoms with Gasteiger partial charge in [0.15, 0.2) is 0 Å². The Bertz CT molecular complexity index is 517. The van der Waals surface area contributed by atoms with Crippen molar-refractivity contribution in [2.45, 2.75) is 45.8 Å². The lowest BCUT2D eigenvalue weighted by Gasteiger charge is -2.40. The van der Waals surface area contributed by atoms with Crippen LogP contribution in [0.4, 0.5) is 0 Å². The van der Waals surface area contributed by atoms with Gasteiger partial charge in [0, 0.05) is 4.88 Å². The molecule has 20 heavy (non-hydrogen) atoms. The molecule has 0 radical (unpaired) electrons. The second-order valence-electron chi connectivity index (χ2n) is 5.23. The Kier molecular flexibility index (Phi) is 4.70. The Balaban J connectivity index is 2.26. The third kappa shape index (κ3) is 2.99. The van der Waals surface area contributed by atoms with Gasteiger partial charge >= 0.3 is 0 Å². The minimum Gasteiger partial charge on any atom is -0.343 e. The van der Waals surface area contributed by atoms with Crippen molar-refractivity contribution in [3.63, 3.8) is 0 Å². The molecular formula is C14H19ClN2O2S. The predicted octanol–water partition coefficient (Wildman–Crippen LogP) is 2.66. The Morgan fingerprint density at radius 2 is 2.15 bits per heavy atom. The standard InChI is InChI=1S/C14H19ClN2O2S/c1-4-8(2)12-13(18)16-9(3)14(19)17(12)7-10-5-6-11(15)20-10/h5-6,8-9,12H,4,7H2,1-3H3,(H,16,18). The first kappa shape index (κ1) is 15.3. The van der Waals surface area contributed by atoms with Gasteiger partial charge in [0.1, 0.15) is 12.1 Å². The number of rotatable bonds is 4. The number of nitrogens with one attached hydrogen (secondary N) is 1. The Hall–Kier alpha value is -1.07. The van der Waals surface area contributed by atoms with E-state index in [9.17, 15) is 9.59 Å². The van der Waals surface area contributed by atoms with Gasteiger partial charge in [-0.15, -0.1) is 11.3 Å². The molecular weight excluding hydrogens is 296 g/mol. The molecule has 1 aromatic heterocycles. The molecule has 0 spiro atoms. The van der Waals surface area contributed by atoms with Gasteiger partial charge < -0.3 is 10.2 Å². The topological polar surface area (TPSA) is 49.4 Å². The van der Waals surface area contributed by atoms with E-state index in [2.05, 4.69) is 5.32 Å². The highest BCUT2D eigenvalue weighted by Crippen LogP contribution is 2.27. The third-order valence-electron chi connectivity index (χ3n) is 3.75. The summed E-state index contributed by atoms with van der Waals surface area (Å²) in [5, 5.41) is 2.76. The van der Waals surface area contributed by atoms with Crippen molar-refractivity contribution in [3.05, 3.63) is 21.3 Å². The number of hydrogen-bond acceptors (Lipinski definition) is 3. The number of carbonyl (C=O) groups is 2. The summed E-state index contributed by atoms with van der Waals surface area (Å²) in [5.74, 6) is 0.0374. The zero-order chi connectivity index (χ0) is 14.9. The van der Waals surface area contributed by atoms with Gasteiger partial charge in [-0.2, -0.15) is 0 Å². The van der Waals surface area contributed by atoms with E-state index < -0.39 is 12.1 Å². The van der Waals surface area contributed by atoms with Crippen molar-refractivity contribution in [1.29, 1.82) is 0 Å². The zero-order valence-corrected chi connectivity index (χ0v) is 13.4. The molecule has 1 aromatic rings. The fourth-order valence-electron chi connectivity index (χ4n) is 2.46. The molecule has 1 N–H and O–H groups in total. The SMILES string of the molecule is CCC(C)C1C(=O)NC(C)C(=O)N1Cc1ccc(Cl)s1. The predicted molar refractivity (Wildman–Crippen MR) is 80.7 cm³/mol. The van der Waals surface area contributed by atoms with Crippen LogP contribution in [0.25, 0.3) is 0 Å². The van der Waals surface area contributed by atoms with Crippen LogP contribution in [-0.2, 0) is 16.1 Å². The summed E-state index contributed by atoms with van der Waals surface area (Å²) in [6, 6.07) is 2.87. The minimum absolute atomic E-state index is 0.0283. The highest BCUT2D eigenvalue weighted by molar-refractivity contribution is 7.16. The summed E-state index contributed by atoms with van der Waals surface area (Å²) in [6.07, 6.45) is 0.849. The van der Waals surface area contributed by atoms with E-state index in [1.165, 1.54) is 11.3 Å². The van der Waals surface area contributed by atoms with E-state index in [-0.39, 0.29) is 17.7 Å². The maximum absolute atomic E-state index is 12.4. The second-order valence-corrected chi connectivity index (χ2v) is 7.03. The van der Waals surface area contributed by atoms with Gasteiger partial charge in [-0.25, -0.2) is 0 Å². The maximum Gasteiger partial charge on any atom is 0.245 e. The highest BCUT2D eigenvalue weighted by Gasteiger charge is 2.40. The fourth-order valence-corrected chi connectivity index (χ4v) is 3.54. The first-order chi connectivity index (χ1) is 9.43. The molecule has 0 aromatic carbocycles. The number of thiophene rings is 1. The first-order valence-corrected chi connectivity index (χ1v) is 7.98. The average molecular weight is 315 g/mol. The molecule has 0 bridgehead atoms. The van der Waals surface area contributed by atoms with Crippen LogP contribution in [0.15, 0.2) is 12.1 Å². The Morgan fingerprint density at radius 1 is 1.45 bits per heavy atom. The first-order valence-electron chi connectivity index (χ1n) is 6.79. The molecule has 1 saturated heterocycles. The quantitative estimate of drug-likeness (QED) is 0.929. The van der Waals surface area contributed by atoms with Crippen molar-refractivity contribution in [2.24, 2.45) is 5.92 Å². The van der Waals surface area contributed by atoms with Crippen LogP contribution in [0, 0.1) is 5.92 Å². The van der Waals surface area contributed by atoms with Crippen LogP contribution < -0.4 is 5.32 Å². The van der Waals surface area contributed by atoms with Crippen LogP contribution in [0.5, 0.6) is 0 Å². The van der Waals surface area contributed by atoms with E-state index in [0.717, 1.165) is 11.3 Å². The molecule has 3 unspecified atom stereocenters. The Morgan fingerprint density at radius 3 is 2.70 bits per heavy atom. The van der Waals surface area contributed by atoms with E-state index in [0.29, 0.717) is 10.9 Å². The van der Waals surface area contributed by atoms with E-state index in [1.54, 1.807) is 11.8 Å². The second kappa shape index (κ2) is 6.14. The molecule has 4 nitrogen and oxygen atoms in total. The molecule has 110 valence electrons. The van der Waals surface area contributed by atoms with Crippen molar-refractivity contribution in [1.82, 2.24) is 10.2 Å². The molecule has 0 saturated carbocycles. The molecule has 3 atom stereocenters. The normalized spacial score (nSPS) is 24.7. The molecule has 2 amide bonds. The lowest BCUT2D eigenvalue weighted by molar-refractivity contribution is -0.151. The van der Waals surface area contributed by atoms with Gasteiger partial charge in [-0.3, -0.25) is 9.59 Å². The fraction of sp³-hybridized carbons (Fsp3) is 0.571. The summed E-state index contributed by atoms with van der Waals surface area (Å²) < 4.78 is 0.696. The smallest absolute Gasteiger partial charge is 0.245 e. The lowest BCUT2D eigenvalue weighted by atomic mass is 9.93. The average Bonchev–Trinajstić information content (AvgIpc) is 2.80. The zero-order valence-electron chi connectivity index (χ0n) is 11.9. The monoisotopic (exact) mass is 314 g/mol. The van der Waals surface area contributed by atoms with E-state index in [1.807, 2.05) is 26.0 Å². The van der Waals surface area contributed by atoms with Crippen LogP contribution in [-0.4, -0.2) is 28.8 Å². The number of nitrogens with zero attached hydrogens (tertiary/aromatic N) is 1. The molecule has 2 heterocycles. The molecule has 0 aliphatic carbocycles. The van der Waals surface area contributed by atoms with Gasteiger partial charge in [0.2, 0.25) is 11.8 Å². The summed E-state index contributed by atoms with van der Waals surface area (Å²) in [4.78, 5) is 27.3. The summed E-state index contributed by atoms with van der Waals surface area (Å²) in [5.41, 5.74) is 0. The largest absolute Gasteiger partial charge is 0.343 e. The van der Waals surface area contributed by atoms with Crippen LogP contribution >= 0.6 is 22.9 Å². The van der Waals surface area contributed by atoms with E-state index >= 15 is 0 Å². The molecule has 1 fully saturated rings. The number of carbonyl (C=O) groups excluding carboxylic acids is 2. The van der Waals surface area contributed by atoms with E-state index in [4.69, 9.17) is 11.6 Å². The third-order valence-corrected chi connectivity index (χ3v) is 4.97. The van der Waals surface area contributed by atoms with Crippen molar-refractivity contribution < 1.29 is 9.59 Å². The highest BCUT2D eigenvalue weighted by atomic mass is 35.5. The number of halogens is 1. The lowest BCUT2D eigenvalue weighted by Crippen LogP contribution is -2.63.